The zero-order valence-corrected chi connectivity index (χ0v) is 28.3. The molecule has 0 N–H and O–H groups in total. The molecule has 1 saturated carbocycles. The van der Waals surface area contributed by atoms with E-state index in [1.54, 1.807) is 0 Å². The smallest absolute Gasteiger partial charge is 0.515 e. The van der Waals surface area contributed by atoms with Crippen LogP contribution in [-0.4, -0.2) is 27.6 Å². The molecule has 2 aliphatic heterocycles. The van der Waals surface area contributed by atoms with Crippen LogP contribution in [0.15, 0.2) is 90.1 Å². The Morgan fingerprint density at radius 2 is 1.70 bits per heavy atom. The van der Waals surface area contributed by atoms with Crippen LogP contribution < -0.4 is 4.74 Å². The van der Waals surface area contributed by atoms with E-state index in [0.29, 0.717) is 17.4 Å². The fourth-order valence-corrected chi connectivity index (χ4v) is 7.58. The molecule has 9 rings (SSSR count). The van der Waals surface area contributed by atoms with Crippen molar-refractivity contribution in [2.45, 2.75) is 64.0 Å². The van der Waals surface area contributed by atoms with E-state index in [2.05, 4.69) is 104 Å². The van der Waals surface area contributed by atoms with E-state index in [9.17, 15) is 0 Å². The Morgan fingerprint density at radius 3 is 2.54 bits per heavy atom. The first kappa shape index (κ1) is 29.2. The van der Waals surface area contributed by atoms with Crippen molar-refractivity contribution in [2.24, 2.45) is 4.99 Å². The molecule has 0 saturated heterocycles. The Bertz CT molecular complexity index is 2180. The van der Waals surface area contributed by atoms with Gasteiger partial charge >= 0.3 is 21.1 Å². The fourth-order valence-electron chi connectivity index (χ4n) is 7.58. The molecular weight excluding hydrogens is 750 g/mol. The largest absolute Gasteiger partial charge is 2.00 e. The third-order valence-electron chi connectivity index (χ3n) is 9.93. The van der Waals surface area contributed by atoms with Gasteiger partial charge in [-0.05, 0) is 47.9 Å². The standard InChI is InChI=1S/C40H33N3O2.Pt/c1-24-19-32-34(43-37-29(30-14-10-18-41-38(30)43)13-9-15-31(37)40(32,2)3)23-36(24)44-28-21-26(25-11-5-4-6-12-25)20-27(22-28)39-42-33-16-7-8-17-35(33)45-39;/h4-6,9-15,18-21,33,35H,7-8,16-17H2,1-3H3;/q-2;+2/t33-,35+;/m1./s1. The van der Waals surface area contributed by atoms with Gasteiger partial charge in [-0.25, -0.2) is 4.98 Å². The molecule has 230 valence electrons. The number of aryl methyl sites for hydroxylation is 1. The van der Waals surface area contributed by atoms with Crippen molar-refractivity contribution in [3.05, 3.63) is 119 Å². The van der Waals surface area contributed by atoms with Crippen LogP contribution in [0.4, 0.5) is 0 Å². The molecular formula is C40H33N3O2Pt. The molecule has 0 bridgehead atoms. The summed E-state index contributed by atoms with van der Waals surface area (Å²) in [6.45, 7) is 6.69. The van der Waals surface area contributed by atoms with Crippen molar-refractivity contribution in [3.8, 4) is 28.3 Å². The molecule has 0 amide bonds. The third-order valence-corrected chi connectivity index (χ3v) is 9.93. The van der Waals surface area contributed by atoms with Crippen molar-refractivity contribution in [1.29, 1.82) is 0 Å². The number of hydrogen-bond donors (Lipinski definition) is 0. The number of rotatable bonds is 4. The average molecular weight is 783 g/mol. The number of ether oxygens (including phenoxy) is 2. The van der Waals surface area contributed by atoms with Gasteiger partial charge in [-0.15, -0.1) is 23.3 Å². The predicted molar refractivity (Wildman–Crippen MR) is 179 cm³/mol. The van der Waals surface area contributed by atoms with Crippen LogP contribution in [0.2, 0.25) is 0 Å². The molecule has 6 heteroatoms. The number of benzene rings is 4. The van der Waals surface area contributed by atoms with Gasteiger partial charge in [-0.2, -0.15) is 6.07 Å². The molecule has 0 radical (unpaired) electrons. The van der Waals surface area contributed by atoms with Gasteiger partial charge in [0.2, 0.25) is 0 Å². The first-order valence-electron chi connectivity index (χ1n) is 16.0. The Hall–Kier alpha value is -4.21. The van der Waals surface area contributed by atoms with Crippen LogP contribution in [0.5, 0.6) is 11.5 Å². The summed E-state index contributed by atoms with van der Waals surface area (Å²) < 4.78 is 15.4. The maximum atomic E-state index is 6.74. The van der Waals surface area contributed by atoms with Crippen molar-refractivity contribution in [3.63, 3.8) is 0 Å². The maximum Gasteiger partial charge on any atom is 2.00 e. The number of nitrogens with zero attached hydrogens (tertiary/aromatic N) is 3. The topological polar surface area (TPSA) is 48.6 Å². The Labute approximate surface area is 283 Å². The quantitative estimate of drug-likeness (QED) is 0.168. The van der Waals surface area contributed by atoms with Gasteiger partial charge < -0.3 is 14.0 Å². The second-order valence-corrected chi connectivity index (χ2v) is 13.1. The Kier molecular flexibility index (Phi) is 6.95. The van der Waals surface area contributed by atoms with E-state index in [0.717, 1.165) is 51.8 Å². The molecule has 1 aliphatic carbocycles. The van der Waals surface area contributed by atoms with Crippen molar-refractivity contribution in [2.75, 3.05) is 0 Å². The molecule has 0 spiro atoms. The van der Waals surface area contributed by atoms with Crippen LogP contribution in [0, 0.1) is 19.1 Å². The second kappa shape index (κ2) is 11.0. The molecule has 4 aromatic carbocycles. The number of pyridine rings is 1. The minimum Gasteiger partial charge on any atom is -0.515 e. The van der Waals surface area contributed by atoms with Crippen LogP contribution in [0.1, 0.15) is 61.8 Å². The van der Waals surface area contributed by atoms with Crippen LogP contribution >= 0.6 is 0 Å². The number of aromatic nitrogens is 2. The van der Waals surface area contributed by atoms with E-state index in [-0.39, 0.29) is 38.6 Å². The van der Waals surface area contributed by atoms with Gasteiger partial charge in [0, 0.05) is 28.5 Å². The van der Waals surface area contributed by atoms with Crippen LogP contribution in [-0.2, 0) is 31.2 Å². The van der Waals surface area contributed by atoms with E-state index >= 15 is 0 Å². The van der Waals surface area contributed by atoms with E-state index in [4.69, 9.17) is 19.5 Å². The Morgan fingerprint density at radius 1 is 0.870 bits per heavy atom. The van der Waals surface area contributed by atoms with Gasteiger partial charge in [-0.3, -0.25) is 4.99 Å². The summed E-state index contributed by atoms with van der Waals surface area (Å²) in [6.07, 6.45) is 6.56. The van der Waals surface area contributed by atoms with E-state index in [1.165, 1.54) is 34.9 Å². The van der Waals surface area contributed by atoms with Gasteiger partial charge in [0.05, 0.1) is 11.6 Å². The molecule has 1 fully saturated rings. The van der Waals surface area contributed by atoms with Gasteiger partial charge in [-0.1, -0.05) is 105 Å². The first-order valence-corrected chi connectivity index (χ1v) is 16.0. The summed E-state index contributed by atoms with van der Waals surface area (Å²) in [5.41, 5.74) is 9.35. The Balaban J connectivity index is 0.00000312. The summed E-state index contributed by atoms with van der Waals surface area (Å²) >= 11 is 0. The molecule has 4 heterocycles. The van der Waals surface area contributed by atoms with Crippen molar-refractivity contribution < 1.29 is 30.5 Å². The summed E-state index contributed by atoms with van der Waals surface area (Å²) in [6, 6.07) is 35.1. The molecule has 2 atom stereocenters. The maximum absolute atomic E-state index is 6.74. The SMILES string of the molecule is Cc1cc2c([c-]c1Oc1[c-]c(C3=N[C@@H]4CCCC[C@@H]4O3)cc(-c3ccccc3)c1)-n1c3ncccc3c3cccc(c31)C2(C)C.[Pt+2]. The number of hydrogen-bond acceptors (Lipinski definition) is 4. The number of para-hydroxylation sites is 1. The average Bonchev–Trinajstić information content (AvgIpc) is 3.65. The molecule has 2 aromatic heterocycles. The molecule has 0 unspecified atom stereocenters. The zero-order valence-electron chi connectivity index (χ0n) is 26.0. The van der Waals surface area contributed by atoms with Gasteiger partial charge in [0.25, 0.3) is 0 Å². The summed E-state index contributed by atoms with van der Waals surface area (Å²) in [5.74, 6) is 1.96. The second-order valence-electron chi connectivity index (χ2n) is 13.1. The minimum atomic E-state index is -0.222. The van der Waals surface area contributed by atoms with Gasteiger partial charge in [0.15, 0.2) is 0 Å². The number of aliphatic imine (C=N–C) groups is 1. The monoisotopic (exact) mass is 782 g/mol. The minimum absolute atomic E-state index is 0. The zero-order chi connectivity index (χ0) is 30.3. The fraction of sp³-hybridized carbons (Fsp3) is 0.250. The van der Waals surface area contributed by atoms with E-state index < -0.39 is 0 Å². The summed E-state index contributed by atoms with van der Waals surface area (Å²) in [4.78, 5) is 9.86. The van der Waals surface area contributed by atoms with Gasteiger partial charge in [0.1, 0.15) is 17.6 Å². The summed E-state index contributed by atoms with van der Waals surface area (Å²) in [5, 5.41) is 2.35. The van der Waals surface area contributed by atoms with Crippen molar-refractivity contribution >= 4 is 27.8 Å². The first-order chi connectivity index (χ1) is 22.0. The van der Waals surface area contributed by atoms with Crippen LogP contribution in [0.3, 0.4) is 0 Å². The number of fused-ring (bicyclic) bond motifs is 6. The molecule has 5 nitrogen and oxygen atoms in total. The molecule has 6 aromatic rings. The molecule has 46 heavy (non-hydrogen) atoms. The van der Waals surface area contributed by atoms with E-state index in [1.807, 2.05) is 18.3 Å². The normalized spacial score (nSPS) is 19.2. The van der Waals surface area contributed by atoms with Crippen LogP contribution in [0.25, 0.3) is 38.8 Å². The summed E-state index contributed by atoms with van der Waals surface area (Å²) in [7, 11) is 0. The molecule has 3 aliphatic rings. The third kappa shape index (κ3) is 4.47. The van der Waals surface area contributed by atoms with Crippen molar-refractivity contribution in [1.82, 2.24) is 9.55 Å². The predicted octanol–water partition coefficient (Wildman–Crippen LogP) is 9.27.